The Bertz CT molecular complexity index is 368. The summed E-state index contributed by atoms with van der Waals surface area (Å²) in [6.45, 7) is 4.75. The first-order valence-corrected chi connectivity index (χ1v) is 6.58. The van der Waals surface area contributed by atoms with Crippen LogP contribution in [0.5, 0.6) is 0 Å². The van der Waals surface area contributed by atoms with Crippen molar-refractivity contribution in [3.05, 3.63) is 34.6 Å². The van der Waals surface area contributed by atoms with Crippen molar-refractivity contribution in [3.63, 3.8) is 0 Å². The molecule has 0 heterocycles. The Labute approximate surface area is 110 Å². The van der Waals surface area contributed by atoms with E-state index in [0.29, 0.717) is 12.1 Å². The number of rotatable bonds is 4. The van der Waals surface area contributed by atoms with Crippen LogP contribution in [0.4, 0.5) is 4.39 Å². The van der Waals surface area contributed by atoms with Crippen LogP contribution in [0.1, 0.15) is 19.4 Å². The molecular formula is C12H16BrClFN. The first-order chi connectivity index (χ1) is 7.38. The summed E-state index contributed by atoms with van der Waals surface area (Å²) in [5.41, 5.74) is 0.610. The summed E-state index contributed by atoms with van der Waals surface area (Å²) in [6, 6.07) is 5.10. The summed E-state index contributed by atoms with van der Waals surface area (Å²) in [7, 11) is 1.97. The molecule has 0 saturated carbocycles. The normalized spacial score (nSPS) is 12.2. The van der Waals surface area contributed by atoms with E-state index in [1.807, 2.05) is 7.05 Å². The zero-order valence-electron chi connectivity index (χ0n) is 9.73. The van der Waals surface area contributed by atoms with E-state index >= 15 is 0 Å². The van der Waals surface area contributed by atoms with E-state index < -0.39 is 0 Å². The molecule has 0 fully saturated rings. The predicted molar refractivity (Wildman–Crippen MR) is 70.8 cm³/mol. The maximum atomic E-state index is 13.7. The fourth-order valence-corrected chi connectivity index (χ4v) is 1.86. The van der Waals surface area contributed by atoms with Gasteiger partial charge in [-0.2, -0.15) is 0 Å². The fourth-order valence-electron chi connectivity index (χ4n) is 1.24. The smallest absolute Gasteiger partial charge is 0.146 e. The fraction of sp³-hybridized carbons (Fsp3) is 0.500. The molecule has 0 aliphatic rings. The van der Waals surface area contributed by atoms with Crippen LogP contribution in [0.15, 0.2) is 18.2 Å². The van der Waals surface area contributed by atoms with Gasteiger partial charge in [0.1, 0.15) is 5.82 Å². The van der Waals surface area contributed by atoms with E-state index in [9.17, 15) is 4.39 Å². The highest BCUT2D eigenvalue weighted by atomic mass is 79.9. The molecule has 0 N–H and O–H groups in total. The second-order valence-corrected chi connectivity index (χ2v) is 5.48. The van der Waals surface area contributed by atoms with Crippen molar-refractivity contribution in [1.29, 1.82) is 0 Å². The quantitative estimate of drug-likeness (QED) is 0.758. The van der Waals surface area contributed by atoms with E-state index in [0.717, 1.165) is 5.33 Å². The molecule has 0 aliphatic heterocycles. The van der Waals surface area contributed by atoms with E-state index in [4.69, 9.17) is 11.6 Å². The van der Waals surface area contributed by atoms with Crippen molar-refractivity contribution in [2.24, 2.45) is 0 Å². The summed E-state index contributed by atoms with van der Waals surface area (Å²) >= 11 is 9.20. The number of benzene rings is 1. The Morgan fingerprint density at radius 1 is 1.44 bits per heavy atom. The van der Waals surface area contributed by atoms with Gasteiger partial charge in [0, 0.05) is 23.0 Å². The minimum atomic E-state index is -0.318. The van der Waals surface area contributed by atoms with E-state index in [1.54, 1.807) is 18.2 Å². The Kier molecular flexibility index (Phi) is 4.77. The van der Waals surface area contributed by atoms with Crippen molar-refractivity contribution >= 4 is 27.5 Å². The maximum absolute atomic E-state index is 13.7. The van der Waals surface area contributed by atoms with Gasteiger partial charge in [-0.15, -0.1) is 0 Å². The van der Waals surface area contributed by atoms with Gasteiger partial charge in [-0.25, -0.2) is 4.39 Å². The molecule has 0 radical (unpaired) electrons. The van der Waals surface area contributed by atoms with Crippen molar-refractivity contribution in [2.75, 3.05) is 12.4 Å². The van der Waals surface area contributed by atoms with Crippen LogP contribution in [0.25, 0.3) is 0 Å². The zero-order chi connectivity index (χ0) is 12.3. The third kappa shape index (κ3) is 3.19. The number of halogens is 3. The first-order valence-electron chi connectivity index (χ1n) is 5.08. The van der Waals surface area contributed by atoms with Gasteiger partial charge in [-0.3, -0.25) is 4.90 Å². The molecule has 1 rings (SSSR count). The van der Waals surface area contributed by atoms with E-state index in [2.05, 4.69) is 34.7 Å². The molecule has 0 amide bonds. The molecule has 1 aromatic carbocycles. The van der Waals surface area contributed by atoms with Crippen LogP contribution in [0.2, 0.25) is 5.02 Å². The molecule has 1 nitrogen and oxygen atoms in total. The Morgan fingerprint density at radius 2 is 2.06 bits per heavy atom. The Morgan fingerprint density at radius 3 is 2.62 bits per heavy atom. The molecule has 0 saturated heterocycles. The lowest BCUT2D eigenvalue weighted by atomic mass is 10.1. The molecule has 0 unspecified atom stereocenters. The molecule has 4 heteroatoms. The van der Waals surface area contributed by atoms with Crippen molar-refractivity contribution in [2.45, 2.75) is 25.9 Å². The lowest BCUT2D eigenvalue weighted by Crippen LogP contribution is -2.42. The predicted octanol–water partition coefficient (Wildman–Crippen LogP) is 4.08. The summed E-state index contributed by atoms with van der Waals surface area (Å²) in [5, 5.41) is 1.01. The van der Waals surface area contributed by atoms with Gasteiger partial charge in [0.2, 0.25) is 0 Å². The molecule has 0 aliphatic carbocycles. The summed E-state index contributed by atoms with van der Waals surface area (Å²) in [6.07, 6.45) is 0. The maximum Gasteiger partial charge on any atom is 0.146 e. The van der Waals surface area contributed by atoms with Crippen LogP contribution in [-0.2, 0) is 6.54 Å². The van der Waals surface area contributed by atoms with E-state index in [-0.39, 0.29) is 16.4 Å². The highest BCUT2D eigenvalue weighted by Crippen LogP contribution is 2.22. The molecule has 0 bridgehead atoms. The van der Waals surface area contributed by atoms with Gasteiger partial charge < -0.3 is 0 Å². The molecule has 1 aromatic rings. The van der Waals surface area contributed by atoms with Crippen LogP contribution >= 0.6 is 27.5 Å². The van der Waals surface area contributed by atoms with Gasteiger partial charge in [0.25, 0.3) is 0 Å². The van der Waals surface area contributed by atoms with Crippen LogP contribution in [-0.4, -0.2) is 22.8 Å². The molecular weight excluding hydrogens is 292 g/mol. The highest BCUT2D eigenvalue weighted by Gasteiger charge is 2.23. The summed E-state index contributed by atoms with van der Waals surface area (Å²) < 4.78 is 13.7. The van der Waals surface area contributed by atoms with Crippen LogP contribution in [0.3, 0.4) is 0 Å². The van der Waals surface area contributed by atoms with Crippen molar-refractivity contribution < 1.29 is 4.39 Å². The molecule has 16 heavy (non-hydrogen) atoms. The van der Waals surface area contributed by atoms with Gasteiger partial charge in [0.05, 0.1) is 5.02 Å². The SMILES string of the molecule is CN(Cc1cccc(Cl)c1F)C(C)(C)CBr. The Balaban J connectivity index is 2.85. The molecule has 0 aromatic heterocycles. The lowest BCUT2D eigenvalue weighted by Gasteiger charge is -2.34. The average Bonchev–Trinajstić information content (AvgIpc) is 2.24. The van der Waals surface area contributed by atoms with Gasteiger partial charge in [-0.05, 0) is 27.0 Å². The lowest BCUT2D eigenvalue weighted by molar-refractivity contribution is 0.171. The van der Waals surface area contributed by atoms with Gasteiger partial charge in [-0.1, -0.05) is 39.7 Å². The topological polar surface area (TPSA) is 3.24 Å². The number of hydrogen-bond acceptors (Lipinski definition) is 1. The number of alkyl halides is 1. The average molecular weight is 309 g/mol. The van der Waals surface area contributed by atoms with Crippen LogP contribution < -0.4 is 0 Å². The molecule has 0 spiro atoms. The Hall–Kier alpha value is -0.120. The standard InChI is InChI=1S/C12H16BrClFN/c1-12(2,8-13)16(3)7-9-5-4-6-10(14)11(9)15/h4-6H,7-8H2,1-3H3. The first kappa shape index (κ1) is 13.9. The minimum absolute atomic E-state index is 0.0191. The number of hydrogen-bond donors (Lipinski definition) is 0. The summed E-state index contributed by atoms with van der Waals surface area (Å²) in [4.78, 5) is 2.09. The second-order valence-electron chi connectivity index (χ2n) is 4.52. The van der Waals surface area contributed by atoms with Gasteiger partial charge in [0.15, 0.2) is 0 Å². The van der Waals surface area contributed by atoms with Crippen molar-refractivity contribution in [3.8, 4) is 0 Å². The number of nitrogens with zero attached hydrogens (tertiary/aromatic N) is 1. The van der Waals surface area contributed by atoms with Crippen molar-refractivity contribution in [1.82, 2.24) is 4.90 Å². The molecule has 0 atom stereocenters. The largest absolute Gasteiger partial charge is 0.296 e. The summed E-state index contributed by atoms with van der Waals surface area (Å²) in [5.74, 6) is -0.318. The minimum Gasteiger partial charge on any atom is -0.296 e. The monoisotopic (exact) mass is 307 g/mol. The van der Waals surface area contributed by atoms with E-state index in [1.165, 1.54) is 0 Å². The highest BCUT2D eigenvalue weighted by molar-refractivity contribution is 9.09. The van der Waals surface area contributed by atoms with Crippen LogP contribution in [0, 0.1) is 5.82 Å². The second kappa shape index (κ2) is 5.48. The van der Waals surface area contributed by atoms with Gasteiger partial charge >= 0.3 is 0 Å². The zero-order valence-corrected chi connectivity index (χ0v) is 12.1. The third-order valence-electron chi connectivity index (χ3n) is 2.80. The third-order valence-corrected chi connectivity index (χ3v) is 4.46. The molecule has 90 valence electrons.